The van der Waals surface area contributed by atoms with E-state index in [2.05, 4.69) is 17.4 Å². The number of rotatable bonds is 3. The number of benzene rings is 1. The van der Waals surface area contributed by atoms with Gasteiger partial charge in [0.25, 0.3) is 0 Å². The van der Waals surface area contributed by atoms with Gasteiger partial charge in [-0.2, -0.15) is 0 Å². The molecule has 3 heteroatoms. The van der Waals surface area contributed by atoms with E-state index in [9.17, 15) is 0 Å². The minimum absolute atomic E-state index is 0.453. The molecule has 1 unspecified atom stereocenters. The number of methoxy groups -OCH3 is 2. The molecule has 1 aliphatic heterocycles. The lowest BCUT2D eigenvalue weighted by atomic mass is 10.0. The monoisotopic (exact) mass is 207 g/mol. The van der Waals surface area contributed by atoms with Crippen molar-refractivity contribution in [3.8, 4) is 11.5 Å². The van der Waals surface area contributed by atoms with Crippen molar-refractivity contribution >= 4 is 0 Å². The number of ether oxygens (including phenoxy) is 2. The Bertz CT molecular complexity index is 310. The fraction of sp³-hybridized carbons (Fsp3) is 0.500. The quantitative estimate of drug-likeness (QED) is 0.823. The van der Waals surface area contributed by atoms with Gasteiger partial charge in [-0.15, -0.1) is 0 Å². The molecule has 0 saturated carbocycles. The smallest absolute Gasteiger partial charge is 0.122 e. The van der Waals surface area contributed by atoms with Crippen molar-refractivity contribution in [2.24, 2.45) is 0 Å². The number of hydrogen-bond acceptors (Lipinski definition) is 3. The first kappa shape index (κ1) is 10.3. The number of hydrogen-bond donors (Lipinski definition) is 1. The van der Waals surface area contributed by atoms with Gasteiger partial charge in [0.2, 0.25) is 0 Å². The normalized spacial score (nSPS) is 20.3. The van der Waals surface area contributed by atoms with Crippen LogP contribution in [0.15, 0.2) is 18.2 Å². The second-order valence-electron chi connectivity index (χ2n) is 3.79. The first-order valence-electron chi connectivity index (χ1n) is 5.30. The molecule has 1 heterocycles. The van der Waals surface area contributed by atoms with Gasteiger partial charge in [-0.25, -0.2) is 0 Å². The predicted octanol–water partition coefficient (Wildman–Crippen LogP) is 2.13. The first-order valence-corrected chi connectivity index (χ1v) is 5.30. The minimum Gasteiger partial charge on any atom is -0.497 e. The van der Waals surface area contributed by atoms with E-state index in [0.29, 0.717) is 6.04 Å². The molecule has 0 amide bonds. The highest BCUT2D eigenvalue weighted by Crippen LogP contribution is 2.30. The summed E-state index contributed by atoms with van der Waals surface area (Å²) in [5, 5.41) is 3.46. The third-order valence-electron chi connectivity index (χ3n) is 2.84. The van der Waals surface area contributed by atoms with Gasteiger partial charge >= 0.3 is 0 Å². The molecule has 15 heavy (non-hydrogen) atoms. The molecule has 0 bridgehead atoms. The molecular weight excluding hydrogens is 190 g/mol. The summed E-state index contributed by atoms with van der Waals surface area (Å²) in [6.07, 6.45) is 2.43. The highest BCUT2D eigenvalue weighted by Gasteiger charge is 2.17. The minimum atomic E-state index is 0.453. The van der Waals surface area contributed by atoms with Crippen LogP contribution in [-0.4, -0.2) is 20.8 Å². The molecule has 0 spiro atoms. The Morgan fingerprint density at radius 3 is 2.27 bits per heavy atom. The zero-order valence-electron chi connectivity index (χ0n) is 9.25. The van der Waals surface area contributed by atoms with Crippen LogP contribution in [0.25, 0.3) is 0 Å². The van der Waals surface area contributed by atoms with Crippen LogP contribution in [-0.2, 0) is 0 Å². The molecule has 1 fully saturated rings. The van der Waals surface area contributed by atoms with E-state index in [-0.39, 0.29) is 0 Å². The van der Waals surface area contributed by atoms with Crippen molar-refractivity contribution in [3.63, 3.8) is 0 Å². The average molecular weight is 207 g/mol. The summed E-state index contributed by atoms with van der Waals surface area (Å²) in [5.74, 6) is 1.72. The van der Waals surface area contributed by atoms with Crippen LogP contribution in [0.2, 0.25) is 0 Å². The molecule has 1 atom stereocenters. The van der Waals surface area contributed by atoms with E-state index < -0.39 is 0 Å². The molecule has 0 aromatic heterocycles. The lowest BCUT2D eigenvalue weighted by molar-refractivity contribution is 0.392. The second kappa shape index (κ2) is 4.53. The fourth-order valence-electron chi connectivity index (χ4n) is 2.00. The van der Waals surface area contributed by atoms with Gasteiger partial charge in [-0.3, -0.25) is 0 Å². The molecular formula is C12H17NO2. The first-order chi connectivity index (χ1) is 7.33. The Labute approximate surface area is 90.4 Å². The van der Waals surface area contributed by atoms with Crippen molar-refractivity contribution in [3.05, 3.63) is 23.8 Å². The van der Waals surface area contributed by atoms with E-state index in [0.717, 1.165) is 18.0 Å². The summed E-state index contributed by atoms with van der Waals surface area (Å²) < 4.78 is 10.5. The van der Waals surface area contributed by atoms with Gasteiger partial charge in [0.1, 0.15) is 11.5 Å². The van der Waals surface area contributed by atoms with Gasteiger partial charge in [-0.05, 0) is 37.1 Å². The zero-order valence-corrected chi connectivity index (χ0v) is 9.25. The van der Waals surface area contributed by atoms with E-state index in [1.807, 2.05) is 6.07 Å². The lowest BCUT2D eigenvalue weighted by Gasteiger charge is -2.13. The van der Waals surface area contributed by atoms with Crippen LogP contribution in [0.4, 0.5) is 0 Å². The van der Waals surface area contributed by atoms with Gasteiger partial charge in [-0.1, -0.05) is 0 Å². The van der Waals surface area contributed by atoms with Crippen molar-refractivity contribution in [2.45, 2.75) is 18.9 Å². The molecule has 82 valence electrons. The summed E-state index contributed by atoms with van der Waals surface area (Å²) in [5.41, 5.74) is 1.25. The second-order valence-corrected chi connectivity index (χ2v) is 3.79. The van der Waals surface area contributed by atoms with Gasteiger partial charge < -0.3 is 14.8 Å². The largest absolute Gasteiger partial charge is 0.497 e. The third kappa shape index (κ3) is 2.23. The topological polar surface area (TPSA) is 30.5 Å². The molecule has 1 aromatic carbocycles. The van der Waals surface area contributed by atoms with E-state index in [1.165, 1.54) is 18.4 Å². The molecule has 0 aliphatic carbocycles. The van der Waals surface area contributed by atoms with Crippen molar-refractivity contribution in [1.82, 2.24) is 5.32 Å². The average Bonchev–Trinajstić information content (AvgIpc) is 2.81. The van der Waals surface area contributed by atoms with Crippen LogP contribution in [0.3, 0.4) is 0 Å². The van der Waals surface area contributed by atoms with Gasteiger partial charge in [0.05, 0.1) is 14.2 Å². The van der Waals surface area contributed by atoms with Crippen molar-refractivity contribution in [1.29, 1.82) is 0 Å². The van der Waals surface area contributed by atoms with Crippen molar-refractivity contribution < 1.29 is 9.47 Å². The Hall–Kier alpha value is -1.22. The number of nitrogens with one attached hydrogen (secondary N) is 1. The van der Waals surface area contributed by atoms with Crippen LogP contribution in [0.5, 0.6) is 11.5 Å². The lowest BCUT2D eigenvalue weighted by Crippen LogP contribution is -2.12. The predicted molar refractivity (Wildman–Crippen MR) is 59.5 cm³/mol. The van der Waals surface area contributed by atoms with E-state index in [4.69, 9.17) is 9.47 Å². The molecule has 1 aliphatic rings. The molecule has 0 radical (unpaired) electrons. The maximum absolute atomic E-state index is 5.25. The van der Waals surface area contributed by atoms with Gasteiger partial charge in [0.15, 0.2) is 0 Å². The molecule has 3 nitrogen and oxygen atoms in total. The van der Waals surface area contributed by atoms with Crippen LogP contribution >= 0.6 is 0 Å². The molecule has 1 saturated heterocycles. The van der Waals surface area contributed by atoms with Crippen LogP contribution < -0.4 is 14.8 Å². The Morgan fingerprint density at radius 1 is 1.13 bits per heavy atom. The molecule has 1 aromatic rings. The zero-order chi connectivity index (χ0) is 10.7. The van der Waals surface area contributed by atoms with Gasteiger partial charge in [0, 0.05) is 12.1 Å². The highest BCUT2D eigenvalue weighted by atomic mass is 16.5. The maximum atomic E-state index is 5.25. The summed E-state index contributed by atoms with van der Waals surface area (Å²) in [6, 6.07) is 6.50. The summed E-state index contributed by atoms with van der Waals surface area (Å²) >= 11 is 0. The Morgan fingerprint density at radius 2 is 1.80 bits per heavy atom. The summed E-state index contributed by atoms with van der Waals surface area (Å²) in [6.45, 7) is 1.10. The Kier molecular flexibility index (Phi) is 3.11. The van der Waals surface area contributed by atoms with E-state index in [1.54, 1.807) is 14.2 Å². The van der Waals surface area contributed by atoms with E-state index >= 15 is 0 Å². The summed E-state index contributed by atoms with van der Waals surface area (Å²) in [7, 11) is 3.36. The maximum Gasteiger partial charge on any atom is 0.122 e. The fourth-order valence-corrected chi connectivity index (χ4v) is 2.00. The highest BCUT2D eigenvalue weighted by molar-refractivity contribution is 5.40. The standard InChI is InChI=1S/C12H17NO2/c1-14-10-6-9(7-11(8-10)15-2)12-4-3-5-13-12/h6-8,12-13H,3-5H2,1-2H3. The summed E-state index contributed by atoms with van der Waals surface area (Å²) in [4.78, 5) is 0. The SMILES string of the molecule is COc1cc(OC)cc(C2CCCN2)c1. The van der Waals surface area contributed by atoms with Crippen molar-refractivity contribution in [2.75, 3.05) is 20.8 Å². The van der Waals surface area contributed by atoms with Crippen LogP contribution in [0, 0.1) is 0 Å². The molecule has 2 rings (SSSR count). The third-order valence-corrected chi connectivity index (χ3v) is 2.84. The Balaban J connectivity index is 2.28. The van der Waals surface area contributed by atoms with Crippen LogP contribution in [0.1, 0.15) is 24.4 Å². The molecule has 1 N–H and O–H groups in total.